The van der Waals surface area contributed by atoms with E-state index in [1.165, 1.54) is 0 Å². The maximum absolute atomic E-state index is 13.0. The predicted octanol–water partition coefficient (Wildman–Crippen LogP) is 1.66. The number of aromatic nitrogens is 3. The van der Waals surface area contributed by atoms with Gasteiger partial charge in [0.15, 0.2) is 11.5 Å². The molecule has 186 valence electrons. The summed E-state index contributed by atoms with van der Waals surface area (Å²) in [5, 5.41) is 18.1. The number of carbonyl (C=O) groups excluding carboxylic acids is 1. The van der Waals surface area contributed by atoms with Gasteiger partial charge >= 0.3 is 0 Å². The predicted molar refractivity (Wildman–Crippen MR) is 124 cm³/mol. The highest BCUT2D eigenvalue weighted by Crippen LogP contribution is 2.32. The molecule has 4 rings (SSSR count). The molecule has 3 atom stereocenters. The maximum atomic E-state index is 13.0. The van der Waals surface area contributed by atoms with E-state index in [1.54, 1.807) is 9.58 Å². The van der Waals surface area contributed by atoms with Crippen molar-refractivity contribution in [1.29, 1.82) is 0 Å². The minimum atomic E-state index is -0.246. The number of ether oxygens (including phenoxy) is 3. The molecule has 1 aromatic heterocycles. The van der Waals surface area contributed by atoms with Gasteiger partial charge in [0.1, 0.15) is 5.69 Å². The molecular formula is C24H35N5O5. The Balaban J connectivity index is 1.48. The standard InChI is InChI=1S/C24H35N5O5/c1-17-10-29(18(2)14-30)24(31)5-4-8-28-12-20(25-26-28)15-32-23(17)13-27(3)11-19-6-7-21-22(9-19)34-16-33-21/h6-7,9,12,17-18,23,30H,4-5,8,10-11,13-16H2,1-3H3/t17-,18-,23+/m0/s1. The van der Waals surface area contributed by atoms with Crippen LogP contribution in [0.4, 0.5) is 0 Å². The molecule has 34 heavy (non-hydrogen) atoms. The third-order valence-corrected chi connectivity index (χ3v) is 6.43. The van der Waals surface area contributed by atoms with E-state index < -0.39 is 0 Å². The largest absolute Gasteiger partial charge is 0.454 e. The van der Waals surface area contributed by atoms with Crippen LogP contribution in [0.1, 0.15) is 37.9 Å². The summed E-state index contributed by atoms with van der Waals surface area (Å²) < 4.78 is 19.0. The summed E-state index contributed by atoms with van der Waals surface area (Å²) in [5.41, 5.74) is 1.90. The zero-order valence-electron chi connectivity index (χ0n) is 20.2. The van der Waals surface area contributed by atoms with E-state index in [0.29, 0.717) is 39.1 Å². The number of amides is 1. The fourth-order valence-electron chi connectivity index (χ4n) is 4.42. The minimum absolute atomic E-state index is 0.0421. The molecule has 10 nitrogen and oxygen atoms in total. The van der Waals surface area contributed by atoms with E-state index >= 15 is 0 Å². The first-order chi connectivity index (χ1) is 16.4. The van der Waals surface area contributed by atoms with Gasteiger partial charge in [0.05, 0.1) is 31.6 Å². The van der Waals surface area contributed by atoms with Gasteiger partial charge in [-0.3, -0.25) is 14.4 Å². The van der Waals surface area contributed by atoms with Gasteiger partial charge in [-0.25, -0.2) is 0 Å². The lowest BCUT2D eigenvalue weighted by Crippen LogP contribution is -2.47. The number of hydrogen-bond acceptors (Lipinski definition) is 8. The number of aliphatic hydroxyl groups is 1. The second-order valence-electron chi connectivity index (χ2n) is 9.37. The molecule has 0 unspecified atom stereocenters. The molecule has 3 heterocycles. The number of hydrogen-bond donors (Lipinski definition) is 1. The first-order valence-electron chi connectivity index (χ1n) is 11.9. The van der Waals surface area contributed by atoms with Crippen molar-refractivity contribution in [2.45, 2.75) is 58.5 Å². The Morgan fingerprint density at radius 1 is 1.29 bits per heavy atom. The van der Waals surface area contributed by atoms with Gasteiger partial charge in [-0.05, 0) is 38.1 Å². The normalized spacial score (nSPS) is 22.3. The van der Waals surface area contributed by atoms with Crippen LogP contribution in [0.25, 0.3) is 0 Å². The molecule has 2 aliphatic rings. The maximum Gasteiger partial charge on any atom is 0.231 e. The zero-order chi connectivity index (χ0) is 24.1. The third-order valence-electron chi connectivity index (χ3n) is 6.43. The van der Waals surface area contributed by atoms with Crippen LogP contribution in [0.15, 0.2) is 24.4 Å². The van der Waals surface area contributed by atoms with Gasteiger partial charge in [-0.1, -0.05) is 18.2 Å². The minimum Gasteiger partial charge on any atom is -0.454 e. The summed E-state index contributed by atoms with van der Waals surface area (Å²) in [7, 11) is 2.05. The molecule has 2 aliphatic heterocycles. The van der Waals surface area contributed by atoms with Crippen molar-refractivity contribution in [3.05, 3.63) is 35.7 Å². The highest BCUT2D eigenvalue weighted by atomic mass is 16.7. The smallest absolute Gasteiger partial charge is 0.231 e. The lowest BCUT2D eigenvalue weighted by atomic mass is 10.0. The molecule has 0 aliphatic carbocycles. The van der Waals surface area contributed by atoms with Crippen LogP contribution in [0, 0.1) is 5.92 Å². The molecule has 0 spiro atoms. The summed E-state index contributed by atoms with van der Waals surface area (Å²) in [4.78, 5) is 17.0. The Kier molecular flexibility index (Phi) is 8.02. The highest BCUT2D eigenvalue weighted by molar-refractivity contribution is 5.76. The van der Waals surface area contributed by atoms with Crippen LogP contribution in [-0.2, 0) is 29.2 Å². The Morgan fingerprint density at radius 3 is 2.94 bits per heavy atom. The van der Waals surface area contributed by atoms with Crippen molar-refractivity contribution in [3.8, 4) is 11.5 Å². The van der Waals surface area contributed by atoms with Crippen LogP contribution in [0.2, 0.25) is 0 Å². The average Bonchev–Trinajstić information content (AvgIpc) is 3.48. The molecular weight excluding hydrogens is 438 g/mol. The van der Waals surface area contributed by atoms with Crippen LogP contribution in [0.3, 0.4) is 0 Å². The van der Waals surface area contributed by atoms with Gasteiger partial charge < -0.3 is 24.2 Å². The van der Waals surface area contributed by atoms with E-state index in [4.69, 9.17) is 14.2 Å². The Bertz CT molecular complexity index is 967. The van der Waals surface area contributed by atoms with E-state index in [1.807, 2.05) is 31.3 Å². The Labute approximate surface area is 200 Å². The third kappa shape index (κ3) is 6.05. The number of nitrogens with zero attached hydrogens (tertiary/aromatic N) is 5. The van der Waals surface area contributed by atoms with Gasteiger partial charge in [-0.15, -0.1) is 5.10 Å². The fourth-order valence-corrected chi connectivity index (χ4v) is 4.42. The first-order valence-corrected chi connectivity index (χ1v) is 11.9. The molecule has 0 fully saturated rings. The molecule has 1 aromatic carbocycles. The quantitative estimate of drug-likeness (QED) is 0.676. The first kappa shape index (κ1) is 24.4. The van der Waals surface area contributed by atoms with Gasteiger partial charge in [0.2, 0.25) is 12.7 Å². The van der Waals surface area contributed by atoms with E-state index in [-0.39, 0.29) is 37.4 Å². The monoisotopic (exact) mass is 473 g/mol. The molecule has 0 radical (unpaired) electrons. The number of rotatable bonds is 6. The number of benzene rings is 1. The van der Waals surface area contributed by atoms with Gasteiger partial charge in [0, 0.05) is 38.5 Å². The molecule has 1 amide bonds. The number of likely N-dealkylation sites (N-methyl/N-ethyl adjacent to an activating group) is 1. The van der Waals surface area contributed by atoms with Crippen molar-refractivity contribution in [3.63, 3.8) is 0 Å². The topological polar surface area (TPSA) is 102 Å². The molecule has 2 aromatic rings. The number of fused-ring (bicyclic) bond motifs is 3. The summed E-state index contributed by atoms with van der Waals surface area (Å²) in [6, 6.07) is 5.74. The highest BCUT2D eigenvalue weighted by Gasteiger charge is 2.28. The van der Waals surface area contributed by atoms with Gasteiger partial charge in [-0.2, -0.15) is 0 Å². The summed E-state index contributed by atoms with van der Waals surface area (Å²) in [6.45, 7) is 7.05. The molecule has 2 bridgehead atoms. The van der Waals surface area contributed by atoms with Crippen LogP contribution in [-0.4, -0.2) is 81.5 Å². The zero-order valence-corrected chi connectivity index (χ0v) is 20.2. The molecule has 10 heteroatoms. The van der Waals surface area contributed by atoms with E-state index in [9.17, 15) is 9.90 Å². The van der Waals surface area contributed by atoms with E-state index in [0.717, 1.165) is 29.3 Å². The van der Waals surface area contributed by atoms with Crippen LogP contribution < -0.4 is 9.47 Å². The lowest BCUT2D eigenvalue weighted by Gasteiger charge is -2.35. The second kappa shape index (κ2) is 11.2. The van der Waals surface area contributed by atoms with Crippen LogP contribution >= 0.6 is 0 Å². The van der Waals surface area contributed by atoms with Crippen molar-refractivity contribution < 1.29 is 24.1 Å². The fraction of sp³-hybridized carbons (Fsp3) is 0.625. The van der Waals surface area contributed by atoms with Crippen molar-refractivity contribution in [2.75, 3.05) is 33.5 Å². The number of aryl methyl sites for hydroxylation is 1. The van der Waals surface area contributed by atoms with E-state index in [2.05, 4.69) is 29.2 Å². The summed E-state index contributed by atoms with van der Waals surface area (Å²) in [5.74, 6) is 1.63. The Hall–Kier alpha value is -2.69. The number of aliphatic hydroxyl groups excluding tert-OH is 1. The molecule has 0 saturated heterocycles. The van der Waals surface area contributed by atoms with Crippen molar-refractivity contribution in [1.82, 2.24) is 24.8 Å². The Morgan fingerprint density at radius 2 is 2.12 bits per heavy atom. The van der Waals surface area contributed by atoms with Crippen molar-refractivity contribution in [2.24, 2.45) is 5.92 Å². The lowest BCUT2D eigenvalue weighted by molar-refractivity contribution is -0.136. The summed E-state index contributed by atoms with van der Waals surface area (Å²) in [6.07, 6.45) is 2.81. The van der Waals surface area contributed by atoms with Crippen molar-refractivity contribution >= 4 is 5.91 Å². The van der Waals surface area contributed by atoms with Gasteiger partial charge in [0.25, 0.3) is 0 Å². The molecule has 1 N–H and O–H groups in total. The second-order valence-corrected chi connectivity index (χ2v) is 9.37. The summed E-state index contributed by atoms with van der Waals surface area (Å²) >= 11 is 0. The number of carbonyl (C=O) groups is 1. The van der Waals surface area contributed by atoms with Crippen LogP contribution in [0.5, 0.6) is 11.5 Å². The average molecular weight is 474 g/mol. The molecule has 0 saturated carbocycles. The SMILES string of the molecule is C[C@H]1CN([C@@H](C)CO)C(=O)CCCn2cc(nn2)CO[C@@H]1CN(C)Cc1ccc2c(c1)OCO2.